The molecule has 0 N–H and O–H groups in total. The maximum absolute atomic E-state index is 5.81. The number of aromatic nitrogens is 1. The highest BCUT2D eigenvalue weighted by Crippen LogP contribution is 2.27. The van der Waals surface area contributed by atoms with Crippen molar-refractivity contribution in [1.82, 2.24) is 4.98 Å². The van der Waals surface area contributed by atoms with E-state index < -0.39 is 0 Å². The van der Waals surface area contributed by atoms with Crippen molar-refractivity contribution >= 4 is 37.5 Å². The maximum Gasteiger partial charge on any atom is 0.121 e. The quantitative estimate of drug-likeness (QED) is 0.641. The zero-order chi connectivity index (χ0) is 13.1. The lowest BCUT2D eigenvalue weighted by molar-refractivity contribution is 0.306. The van der Waals surface area contributed by atoms with Gasteiger partial charge in [-0.2, -0.15) is 0 Å². The third kappa shape index (κ3) is 2.96. The molecule has 0 aliphatic heterocycles. The smallest absolute Gasteiger partial charge is 0.121 e. The fourth-order valence-electron chi connectivity index (χ4n) is 1.84. The van der Waals surface area contributed by atoms with Crippen LogP contribution in [-0.4, -0.2) is 4.98 Å². The van der Waals surface area contributed by atoms with Crippen molar-refractivity contribution in [3.63, 3.8) is 0 Å². The van der Waals surface area contributed by atoms with Gasteiger partial charge in [0.25, 0.3) is 0 Å². The Hall–Kier alpha value is -1.39. The van der Waals surface area contributed by atoms with E-state index in [2.05, 4.69) is 39.1 Å². The molecule has 96 valence electrons. The van der Waals surface area contributed by atoms with Gasteiger partial charge in [-0.15, -0.1) is 11.3 Å². The molecular formula is C15H12BrNOS. The Kier molecular flexibility index (Phi) is 3.80. The van der Waals surface area contributed by atoms with Crippen molar-refractivity contribution in [2.45, 2.75) is 11.9 Å². The third-order valence-electron chi connectivity index (χ3n) is 2.77. The molecule has 0 saturated carbocycles. The van der Waals surface area contributed by atoms with Crippen LogP contribution < -0.4 is 4.74 Å². The molecule has 2 aromatic carbocycles. The van der Waals surface area contributed by atoms with Gasteiger partial charge in [0.1, 0.15) is 17.4 Å². The number of ether oxygens (including phenoxy) is 1. The fourth-order valence-corrected chi connectivity index (χ4v) is 3.15. The number of rotatable bonds is 4. The predicted octanol–water partition coefficient (Wildman–Crippen LogP) is 4.77. The molecule has 0 radical (unpaired) electrons. The van der Waals surface area contributed by atoms with Gasteiger partial charge in [-0.3, -0.25) is 0 Å². The van der Waals surface area contributed by atoms with Crippen LogP contribution in [0, 0.1) is 0 Å². The van der Waals surface area contributed by atoms with E-state index in [4.69, 9.17) is 4.74 Å². The van der Waals surface area contributed by atoms with Crippen LogP contribution in [0.15, 0.2) is 48.5 Å². The Balaban J connectivity index is 1.78. The van der Waals surface area contributed by atoms with Gasteiger partial charge in [-0.05, 0) is 23.8 Å². The molecule has 1 aromatic heterocycles. The molecule has 19 heavy (non-hydrogen) atoms. The Labute approximate surface area is 124 Å². The first-order valence-corrected chi connectivity index (χ1v) is 7.91. The summed E-state index contributed by atoms with van der Waals surface area (Å²) in [5.41, 5.74) is 2.21. The zero-order valence-electron chi connectivity index (χ0n) is 10.2. The molecule has 4 heteroatoms. The summed E-state index contributed by atoms with van der Waals surface area (Å²) in [6.45, 7) is 0.594. The molecule has 0 bridgehead atoms. The number of hydrogen-bond acceptors (Lipinski definition) is 3. The number of alkyl halides is 1. The molecule has 0 unspecified atom stereocenters. The summed E-state index contributed by atoms with van der Waals surface area (Å²) < 4.78 is 6.98. The van der Waals surface area contributed by atoms with Gasteiger partial charge in [-0.25, -0.2) is 4.98 Å². The fraction of sp³-hybridized carbons (Fsp3) is 0.133. The van der Waals surface area contributed by atoms with Crippen LogP contribution in [0.3, 0.4) is 0 Å². The summed E-state index contributed by atoms with van der Waals surface area (Å²) in [6.07, 6.45) is 0. The first-order chi connectivity index (χ1) is 9.35. The largest absolute Gasteiger partial charge is 0.489 e. The van der Waals surface area contributed by atoms with E-state index in [-0.39, 0.29) is 0 Å². The van der Waals surface area contributed by atoms with Crippen molar-refractivity contribution in [3.8, 4) is 5.75 Å². The van der Waals surface area contributed by atoms with Gasteiger partial charge in [0.05, 0.1) is 15.5 Å². The van der Waals surface area contributed by atoms with Crippen LogP contribution in [0.1, 0.15) is 10.6 Å². The van der Waals surface area contributed by atoms with E-state index in [0.717, 1.165) is 21.6 Å². The van der Waals surface area contributed by atoms with E-state index in [9.17, 15) is 0 Å². The lowest BCUT2D eigenvalue weighted by Crippen LogP contribution is -1.94. The van der Waals surface area contributed by atoms with Crippen LogP contribution >= 0.6 is 27.3 Å². The summed E-state index contributed by atoms with van der Waals surface area (Å²) in [7, 11) is 0. The van der Waals surface area contributed by atoms with Gasteiger partial charge in [0.2, 0.25) is 0 Å². The molecule has 0 aliphatic rings. The van der Waals surface area contributed by atoms with Crippen molar-refractivity contribution in [3.05, 3.63) is 59.1 Å². The standard InChI is InChI=1S/C15H12BrNOS/c16-9-15-17-13-7-6-12(8-14(13)19-15)18-10-11-4-2-1-3-5-11/h1-8H,9-10H2. The van der Waals surface area contributed by atoms with Crippen LogP contribution in [-0.2, 0) is 11.9 Å². The molecule has 0 atom stereocenters. The van der Waals surface area contributed by atoms with Crippen molar-refractivity contribution < 1.29 is 4.74 Å². The van der Waals surface area contributed by atoms with Crippen LogP contribution in [0.2, 0.25) is 0 Å². The number of hydrogen-bond donors (Lipinski definition) is 0. The minimum absolute atomic E-state index is 0.594. The third-order valence-corrected chi connectivity index (χ3v) is 4.69. The number of fused-ring (bicyclic) bond motifs is 1. The van der Waals surface area contributed by atoms with E-state index in [1.165, 1.54) is 10.3 Å². The SMILES string of the molecule is BrCc1nc2ccc(OCc3ccccc3)cc2s1. The maximum atomic E-state index is 5.81. The predicted molar refractivity (Wildman–Crippen MR) is 83.0 cm³/mol. The van der Waals surface area contributed by atoms with Gasteiger partial charge < -0.3 is 4.74 Å². The molecule has 0 saturated heterocycles. The summed E-state index contributed by atoms with van der Waals surface area (Å²) in [4.78, 5) is 4.51. The van der Waals surface area contributed by atoms with E-state index in [1.54, 1.807) is 11.3 Å². The van der Waals surface area contributed by atoms with Gasteiger partial charge >= 0.3 is 0 Å². The van der Waals surface area contributed by atoms with E-state index in [0.29, 0.717) is 6.61 Å². The minimum atomic E-state index is 0.594. The highest BCUT2D eigenvalue weighted by molar-refractivity contribution is 9.08. The molecule has 0 aliphatic carbocycles. The second-order valence-corrected chi connectivity index (χ2v) is 5.82. The number of thiazole rings is 1. The molecule has 0 amide bonds. The molecular weight excluding hydrogens is 322 g/mol. The lowest BCUT2D eigenvalue weighted by atomic mass is 10.2. The number of benzene rings is 2. The molecule has 3 rings (SSSR count). The van der Waals surface area contributed by atoms with Crippen LogP contribution in [0.4, 0.5) is 0 Å². The van der Waals surface area contributed by atoms with Crippen LogP contribution in [0.25, 0.3) is 10.2 Å². The minimum Gasteiger partial charge on any atom is -0.489 e. The molecule has 2 nitrogen and oxygen atoms in total. The topological polar surface area (TPSA) is 22.1 Å². The Morgan fingerprint density at radius 1 is 1.11 bits per heavy atom. The van der Waals surface area contributed by atoms with Gasteiger partial charge in [0, 0.05) is 0 Å². The number of nitrogens with zero attached hydrogens (tertiary/aromatic N) is 1. The zero-order valence-corrected chi connectivity index (χ0v) is 12.6. The summed E-state index contributed by atoms with van der Waals surface area (Å²) in [6, 6.07) is 16.2. The molecule has 0 spiro atoms. The monoisotopic (exact) mass is 333 g/mol. The van der Waals surface area contributed by atoms with Gasteiger partial charge in [0.15, 0.2) is 0 Å². The second kappa shape index (κ2) is 5.72. The van der Waals surface area contributed by atoms with Crippen molar-refractivity contribution in [2.24, 2.45) is 0 Å². The van der Waals surface area contributed by atoms with Crippen molar-refractivity contribution in [2.75, 3.05) is 0 Å². The first-order valence-electron chi connectivity index (χ1n) is 5.97. The summed E-state index contributed by atoms with van der Waals surface area (Å²) >= 11 is 5.13. The molecule has 3 aromatic rings. The Bertz CT molecular complexity index is 681. The Morgan fingerprint density at radius 2 is 1.95 bits per heavy atom. The van der Waals surface area contributed by atoms with E-state index in [1.807, 2.05) is 30.3 Å². The molecule has 0 fully saturated rings. The highest BCUT2D eigenvalue weighted by Gasteiger charge is 2.04. The average molecular weight is 334 g/mol. The highest BCUT2D eigenvalue weighted by atomic mass is 79.9. The first kappa shape index (κ1) is 12.6. The normalized spacial score (nSPS) is 10.8. The summed E-state index contributed by atoms with van der Waals surface area (Å²) in [5, 5.41) is 1.89. The van der Waals surface area contributed by atoms with Gasteiger partial charge in [-0.1, -0.05) is 46.3 Å². The second-order valence-electron chi connectivity index (χ2n) is 4.15. The van der Waals surface area contributed by atoms with Crippen molar-refractivity contribution in [1.29, 1.82) is 0 Å². The molecule has 1 heterocycles. The lowest BCUT2D eigenvalue weighted by Gasteiger charge is -2.05. The Morgan fingerprint density at radius 3 is 2.74 bits per heavy atom. The summed E-state index contributed by atoms with van der Waals surface area (Å²) in [5.74, 6) is 0.890. The number of halogens is 1. The average Bonchev–Trinajstić information content (AvgIpc) is 2.88. The van der Waals surface area contributed by atoms with Crippen LogP contribution in [0.5, 0.6) is 5.75 Å². The van der Waals surface area contributed by atoms with E-state index >= 15 is 0 Å².